The van der Waals surface area contributed by atoms with Crippen LogP contribution in [0.4, 0.5) is 18.0 Å². The molecule has 0 aromatic heterocycles. The Morgan fingerprint density at radius 1 is 0.855 bits per heavy atom. The molecular formula is C43H50F3N2O12PS. The SMILES string of the molecule is CC(C)CN(C[C@@H](O)[C@H](Cc1ccc(OCP(=O)(OCc2ccccc2)OCc2ccccc2)cc1)NC(=O)O[C@H]1CO[C@H]2OCC[C@H]21)S(=O)(=O)c1ccc(OC(F)(F)F)cc1. The molecule has 6 rings (SSSR count). The normalized spacial score (nSPS) is 18.9. The number of halogens is 3. The van der Waals surface area contributed by atoms with Crippen molar-refractivity contribution < 1.29 is 68.8 Å². The molecular weight excluding hydrogens is 857 g/mol. The highest BCUT2D eigenvalue weighted by Gasteiger charge is 2.44. The van der Waals surface area contributed by atoms with E-state index in [9.17, 15) is 36.1 Å². The molecule has 0 saturated carbocycles. The number of ether oxygens (including phenoxy) is 5. The number of alkyl halides is 3. The van der Waals surface area contributed by atoms with Crippen LogP contribution in [-0.4, -0.2) is 87.5 Å². The van der Waals surface area contributed by atoms with Gasteiger partial charge in [-0.3, -0.25) is 4.57 Å². The average Bonchev–Trinajstić information content (AvgIpc) is 3.87. The van der Waals surface area contributed by atoms with E-state index in [0.29, 0.717) is 24.3 Å². The molecule has 2 heterocycles. The van der Waals surface area contributed by atoms with Crippen molar-refractivity contribution in [3.8, 4) is 11.5 Å². The van der Waals surface area contributed by atoms with Crippen LogP contribution in [0.1, 0.15) is 37.0 Å². The van der Waals surface area contributed by atoms with E-state index in [4.69, 9.17) is 28.0 Å². The number of alkyl carbamates (subject to hydrolysis) is 1. The van der Waals surface area contributed by atoms with Gasteiger partial charge in [-0.1, -0.05) is 86.6 Å². The first-order valence-electron chi connectivity index (χ1n) is 20.0. The molecule has 2 saturated heterocycles. The molecule has 0 aliphatic carbocycles. The molecule has 14 nitrogen and oxygen atoms in total. The molecule has 0 unspecified atom stereocenters. The van der Waals surface area contributed by atoms with Gasteiger partial charge in [0.1, 0.15) is 17.6 Å². The Morgan fingerprint density at radius 2 is 1.45 bits per heavy atom. The summed E-state index contributed by atoms with van der Waals surface area (Å²) < 4.78 is 119. The third-order valence-corrected chi connectivity index (χ3v) is 13.3. The number of fused-ring (bicyclic) bond motifs is 1. The lowest BCUT2D eigenvalue weighted by molar-refractivity contribution is -0.274. The van der Waals surface area contributed by atoms with Gasteiger partial charge in [0.2, 0.25) is 10.0 Å². The Morgan fingerprint density at radius 3 is 2.03 bits per heavy atom. The van der Waals surface area contributed by atoms with Gasteiger partial charge in [0.15, 0.2) is 12.6 Å². The molecule has 1 amide bonds. The number of aliphatic hydroxyl groups excluding tert-OH is 1. The first-order chi connectivity index (χ1) is 29.5. The number of carbonyl (C=O) groups excluding carboxylic acids is 1. The van der Waals surface area contributed by atoms with Gasteiger partial charge in [-0.15, -0.1) is 13.2 Å². The molecule has 2 N–H and O–H groups in total. The molecule has 0 spiro atoms. The maximum Gasteiger partial charge on any atom is 0.573 e. The Labute approximate surface area is 358 Å². The van der Waals surface area contributed by atoms with Crippen LogP contribution < -0.4 is 14.8 Å². The second-order valence-electron chi connectivity index (χ2n) is 15.3. The first-order valence-corrected chi connectivity index (χ1v) is 23.1. The maximum absolute atomic E-state index is 13.9. The van der Waals surface area contributed by atoms with Crippen molar-refractivity contribution in [2.75, 3.05) is 32.7 Å². The predicted molar refractivity (Wildman–Crippen MR) is 219 cm³/mol. The average molecular weight is 907 g/mol. The van der Waals surface area contributed by atoms with Gasteiger partial charge >= 0.3 is 20.1 Å². The largest absolute Gasteiger partial charge is 0.573 e. The quantitative estimate of drug-likeness (QED) is 0.0785. The third-order valence-electron chi connectivity index (χ3n) is 9.98. The van der Waals surface area contributed by atoms with E-state index >= 15 is 0 Å². The lowest BCUT2D eigenvalue weighted by Gasteiger charge is -2.31. The summed E-state index contributed by atoms with van der Waals surface area (Å²) in [5.41, 5.74) is 2.18. The second kappa shape index (κ2) is 21.2. The van der Waals surface area contributed by atoms with Crippen LogP contribution in [0, 0.1) is 11.8 Å². The number of amides is 1. The summed E-state index contributed by atoms with van der Waals surface area (Å²) in [4.78, 5) is 13.1. The van der Waals surface area contributed by atoms with E-state index < -0.39 is 73.3 Å². The molecule has 0 bridgehead atoms. The van der Waals surface area contributed by atoms with Crippen molar-refractivity contribution in [1.82, 2.24) is 9.62 Å². The summed E-state index contributed by atoms with van der Waals surface area (Å²) in [6.45, 7) is 3.58. The molecule has 2 aliphatic rings. The Balaban J connectivity index is 1.16. The van der Waals surface area contributed by atoms with Crippen molar-refractivity contribution in [3.63, 3.8) is 0 Å². The zero-order chi connectivity index (χ0) is 44.3. The van der Waals surface area contributed by atoms with Gasteiger partial charge in [0.25, 0.3) is 0 Å². The van der Waals surface area contributed by atoms with Gasteiger partial charge < -0.3 is 43.2 Å². The minimum Gasteiger partial charge on any atom is -0.481 e. The van der Waals surface area contributed by atoms with Crippen molar-refractivity contribution in [3.05, 3.63) is 126 Å². The number of sulfonamides is 1. The minimum absolute atomic E-state index is 0.00914. The van der Waals surface area contributed by atoms with Crippen LogP contribution in [0.3, 0.4) is 0 Å². The predicted octanol–water partition coefficient (Wildman–Crippen LogP) is 7.65. The highest BCUT2D eigenvalue weighted by atomic mass is 32.2. The number of nitrogens with one attached hydrogen (secondary N) is 1. The van der Waals surface area contributed by atoms with Crippen molar-refractivity contribution in [2.24, 2.45) is 11.8 Å². The van der Waals surface area contributed by atoms with E-state index in [-0.39, 0.29) is 49.5 Å². The smallest absolute Gasteiger partial charge is 0.481 e. The van der Waals surface area contributed by atoms with Crippen LogP contribution in [-0.2, 0) is 57.5 Å². The fourth-order valence-electron chi connectivity index (χ4n) is 6.87. The third kappa shape index (κ3) is 13.7. The Hall–Kier alpha value is -4.52. The standard InChI is InChI=1S/C43H50F3N2O12PS/c1-30(2)24-48(62(52,53)36-19-17-35(18-20-36)60-43(44,45)46)25-39(49)38(47-42(50)59-40-28-55-41-37(40)21-22-54-41)23-31-13-15-34(16-14-31)56-29-61(51,57-26-32-9-5-3-6-10-32)58-27-33-11-7-4-8-12-33/h3-20,30,37-41,49H,21-29H2,1-2H3,(H,47,50)/t37-,38-,39+,40-,41+/m0/s1. The monoisotopic (exact) mass is 906 g/mol. The summed E-state index contributed by atoms with van der Waals surface area (Å²) in [5, 5.41) is 14.5. The van der Waals surface area contributed by atoms with E-state index in [1.54, 1.807) is 38.1 Å². The molecule has 4 aromatic carbocycles. The summed E-state index contributed by atoms with van der Waals surface area (Å²) in [5.74, 6) is -0.684. The number of hydrogen-bond acceptors (Lipinski definition) is 12. The first kappa shape index (κ1) is 47.0. The van der Waals surface area contributed by atoms with Crippen molar-refractivity contribution in [1.29, 1.82) is 0 Å². The van der Waals surface area contributed by atoms with Crippen LogP contribution >= 0.6 is 7.60 Å². The fourth-order valence-corrected chi connectivity index (χ4v) is 9.71. The molecule has 5 atom stereocenters. The van der Waals surface area contributed by atoms with Gasteiger partial charge in [-0.05, 0) is 71.8 Å². The van der Waals surface area contributed by atoms with Gasteiger partial charge in [-0.25, -0.2) is 13.2 Å². The molecule has 2 aliphatic heterocycles. The number of aliphatic hydroxyl groups is 1. The number of nitrogens with zero attached hydrogens (tertiary/aromatic N) is 1. The van der Waals surface area contributed by atoms with Crippen LogP contribution in [0.2, 0.25) is 0 Å². The van der Waals surface area contributed by atoms with Crippen LogP contribution in [0.5, 0.6) is 11.5 Å². The van der Waals surface area contributed by atoms with E-state index in [2.05, 4.69) is 10.1 Å². The topological polar surface area (TPSA) is 168 Å². The molecule has 336 valence electrons. The highest BCUT2D eigenvalue weighted by Crippen LogP contribution is 2.50. The lowest BCUT2D eigenvalue weighted by atomic mass is 10.0. The summed E-state index contributed by atoms with van der Waals surface area (Å²) in [6.07, 6.45) is -8.24. The summed E-state index contributed by atoms with van der Waals surface area (Å²) >= 11 is 0. The molecule has 0 radical (unpaired) electrons. The van der Waals surface area contributed by atoms with Crippen molar-refractivity contribution in [2.45, 2.75) is 75.7 Å². The number of carbonyl (C=O) groups is 1. The molecule has 19 heteroatoms. The van der Waals surface area contributed by atoms with Crippen LogP contribution in [0.15, 0.2) is 114 Å². The highest BCUT2D eigenvalue weighted by molar-refractivity contribution is 7.89. The van der Waals surface area contributed by atoms with Crippen molar-refractivity contribution >= 4 is 23.7 Å². The summed E-state index contributed by atoms with van der Waals surface area (Å²) in [6, 6.07) is 27.6. The molecule has 62 heavy (non-hydrogen) atoms. The summed E-state index contributed by atoms with van der Waals surface area (Å²) in [7, 11) is -8.19. The van der Waals surface area contributed by atoms with Gasteiger partial charge in [-0.2, -0.15) is 4.31 Å². The number of rotatable bonds is 21. The second-order valence-corrected chi connectivity index (χ2v) is 19.2. The number of benzene rings is 4. The van der Waals surface area contributed by atoms with E-state index in [1.807, 2.05) is 60.7 Å². The van der Waals surface area contributed by atoms with E-state index in [0.717, 1.165) is 39.7 Å². The Bertz CT molecular complexity index is 2140. The maximum atomic E-state index is 13.9. The molecule has 2 fully saturated rings. The lowest BCUT2D eigenvalue weighted by Crippen LogP contribution is -2.51. The molecule has 4 aromatic rings. The number of hydrogen-bond donors (Lipinski definition) is 2. The van der Waals surface area contributed by atoms with Gasteiger partial charge in [0, 0.05) is 13.1 Å². The van der Waals surface area contributed by atoms with E-state index in [1.165, 1.54) is 0 Å². The zero-order valence-corrected chi connectivity index (χ0v) is 35.8. The zero-order valence-electron chi connectivity index (χ0n) is 34.1. The van der Waals surface area contributed by atoms with Crippen LogP contribution in [0.25, 0.3) is 0 Å². The van der Waals surface area contributed by atoms with Gasteiger partial charge in [0.05, 0.1) is 49.4 Å². The minimum atomic E-state index is -4.97. The fraction of sp³-hybridized carbons (Fsp3) is 0.419. The Kier molecular flexibility index (Phi) is 16.1.